The van der Waals surface area contributed by atoms with Gasteiger partial charge < -0.3 is 15.2 Å². The quantitative estimate of drug-likeness (QED) is 0.736. The van der Waals surface area contributed by atoms with E-state index in [1.807, 2.05) is 0 Å². The van der Waals surface area contributed by atoms with E-state index in [9.17, 15) is 0 Å². The van der Waals surface area contributed by atoms with Gasteiger partial charge in [-0.05, 0) is 6.07 Å². The molecule has 1 aromatic heterocycles. The Labute approximate surface area is 87.0 Å². The summed E-state index contributed by atoms with van der Waals surface area (Å²) in [4.78, 5) is 4.29. The highest BCUT2D eigenvalue weighted by Crippen LogP contribution is 2.16. The van der Waals surface area contributed by atoms with Gasteiger partial charge >= 0.3 is 0 Å². The van der Waals surface area contributed by atoms with Crippen LogP contribution in [0.4, 0.5) is 0 Å². The predicted molar refractivity (Wildman–Crippen MR) is 55.4 cm³/mol. The minimum absolute atomic E-state index is 0.150. The zero-order valence-electron chi connectivity index (χ0n) is 7.47. The Balaban J connectivity index is 2.09. The largest absolute Gasteiger partial charge is 0.485 e. The van der Waals surface area contributed by atoms with Gasteiger partial charge in [-0.15, -0.1) is 0 Å². The maximum atomic E-state index is 5.56. The Bertz CT molecular complexity index is 352. The molecule has 74 valence electrons. The van der Waals surface area contributed by atoms with Crippen LogP contribution in [0.1, 0.15) is 5.69 Å². The summed E-state index contributed by atoms with van der Waals surface area (Å²) in [5, 5.41) is 0. The molecule has 0 spiro atoms. The summed E-state index contributed by atoms with van der Waals surface area (Å²) < 4.78 is 10.6. The number of rotatable bonds is 3. The maximum Gasteiger partial charge on any atom is 0.145 e. The van der Waals surface area contributed by atoms with Gasteiger partial charge in [-0.3, -0.25) is 4.98 Å². The van der Waals surface area contributed by atoms with Crippen molar-refractivity contribution in [1.29, 1.82) is 0 Å². The number of ether oxygens (including phenoxy) is 2. The van der Waals surface area contributed by atoms with Crippen LogP contribution < -0.4 is 10.5 Å². The lowest BCUT2D eigenvalue weighted by atomic mass is 10.3. The fourth-order valence-electron chi connectivity index (χ4n) is 1.09. The summed E-state index contributed by atoms with van der Waals surface area (Å²) in [6, 6.07) is 3.51. The van der Waals surface area contributed by atoms with E-state index in [1.54, 1.807) is 18.3 Å². The molecule has 5 heteroatoms. The first-order valence-electron chi connectivity index (χ1n) is 4.26. The van der Waals surface area contributed by atoms with Crippen molar-refractivity contribution in [3.63, 3.8) is 0 Å². The molecule has 1 fully saturated rings. The Morgan fingerprint density at radius 2 is 2.43 bits per heavy atom. The van der Waals surface area contributed by atoms with E-state index < -0.39 is 0 Å². The number of hydrogen-bond donors (Lipinski definition) is 1. The molecule has 1 aliphatic heterocycles. The van der Waals surface area contributed by atoms with Crippen molar-refractivity contribution >= 4 is 17.2 Å². The van der Waals surface area contributed by atoms with Gasteiger partial charge in [-0.2, -0.15) is 0 Å². The molecule has 2 rings (SSSR count). The second kappa shape index (κ2) is 3.89. The highest BCUT2D eigenvalue weighted by Gasteiger charge is 2.20. The van der Waals surface area contributed by atoms with Crippen molar-refractivity contribution < 1.29 is 9.47 Å². The number of pyridine rings is 1. The molecule has 0 bridgehead atoms. The van der Waals surface area contributed by atoms with Gasteiger partial charge in [0.25, 0.3) is 0 Å². The van der Waals surface area contributed by atoms with Crippen molar-refractivity contribution in [3.05, 3.63) is 24.0 Å². The van der Waals surface area contributed by atoms with Gasteiger partial charge in [0, 0.05) is 12.3 Å². The summed E-state index contributed by atoms with van der Waals surface area (Å²) in [6.07, 6.45) is 1.78. The van der Waals surface area contributed by atoms with E-state index in [2.05, 4.69) is 4.98 Å². The minimum atomic E-state index is 0.150. The molecule has 0 radical (unpaired) electrons. The summed E-state index contributed by atoms with van der Waals surface area (Å²) in [6.45, 7) is 1.29. The monoisotopic (exact) mass is 210 g/mol. The molecule has 2 heterocycles. The van der Waals surface area contributed by atoms with Crippen LogP contribution in [-0.4, -0.2) is 29.3 Å². The van der Waals surface area contributed by atoms with Gasteiger partial charge in [-0.1, -0.05) is 12.2 Å². The fraction of sp³-hybridized carbons (Fsp3) is 0.333. The first-order valence-corrected chi connectivity index (χ1v) is 4.67. The van der Waals surface area contributed by atoms with Crippen LogP contribution in [0.5, 0.6) is 5.75 Å². The van der Waals surface area contributed by atoms with Crippen molar-refractivity contribution in [2.75, 3.05) is 13.2 Å². The standard InChI is InChI=1S/C9H10N2O2S/c10-9(14)8-3-6(1-2-11-8)13-7-4-12-5-7/h1-3,7H,4-5H2,(H2,10,14). The molecular weight excluding hydrogens is 200 g/mol. The lowest BCUT2D eigenvalue weighted by Gasteiger charge is -2.26. The third-order valence-electron chi connectivity index (χ3n) is 1.89. The van der Waals surface area contributed by atoms with Crippen molar-refractivity contribution in [2.24, 2.45) is 5.73 Å². The molecular formula is C9H10N2O2S. The molecule has 0 atom stereocenters. The van der Waals surface area contributed by atoms with Gasteiger partial charge in [-0.25, -0.2) is 0 Å². The van der Waals surface area contributed by atoms with Crippen LogP contribution in [-0.2, 0) is 4.74 Å². The Morgan fingerprint density at radius 3 is 3.00 bits per heavy atom. The van der Waals surface area contributed by atoms with Crippen molar-refractivity contribution in [1.82, 2.24) is 4.98 Å². The maximum absolute atomic E-state index is 5.56. The average Bonchev–Trinajstić information content (AvgIpc) is 2.12. The van der Waals surface area contributed by atoms with E-state index in [0.717, 1.165) is 5.75 Å². The Kier molecular flexibility index (Phi) is 2.60. The molecule has 1 aliphatic rings. The van der Waals surface area contributed by atoms with Crippen LogP contribution in [0.25, 0.3) is 0 Å². The SMILES string of the molecule is NC(=S)c1cc(OC2COC2)ccn1. The van der Waals surface area contributed by atoms with Crippen molar-refractivity contribution in [3.8, 4) is 5.75 Å². The lowest BCUT2D eigenvalue weighted by molar-refractivity contribution is -0.0797. The first kappa shape index (κ1) is 9.36. The van der Waals surface area contributed by atoms with E-state index in [-0.39, 0.29) is 11.1 Å². The third-order valence-corrected chi connectivity index (χ3v) is 2.10. The Morgan fingerprint density at radius 1 is 1.64 bits per heavy atom. The smallest absolute Gasteiger partial charge is 0.145 e. The summed E-state index contributed by atoms with van der Waals surface area (Å²) in [5.74, 6) is 0.733. The van der Waals surface area contributed by atoms with E-state index in [0.29, 0.717) is 18.9 Å². The van der Waals surface area contributed by atoms with E-state index in [4.69, 9.17) is 27.4 Å². The molecule has 14 heavy (non-hydrogen) atoms. The molecule has 1 aromatic rings. The fourth-order valence-corrected chi connectivity index (χ4v) is 1.21. The van der Waals surface area contributed by atoms with Gasteiger partial charge in [0.2, 0.25) is 0 Å². The molecule has 0 amide bonds. The normalized spacial score (nSPS) is 16.0. The zero-order valence-corrected chi connectivity index (χ0v) is 8.29. The lowest BCUT2D eigenvalue weighted by Crippen LogP contribution is -2.38. The molecule has 0 saturated carbocycles. The molecule has 2 N–H and O–H groups in total. The van der Waals surface area contributed by atoms with Crippen LogP contribution in [0, 0.1) is 0 Å². The number of thiocarbonyl (C=S) groups is 1. The zero-order chi connectivity index (χ0) is 9.97. The summed E-state index contributed by atoms with van der Waals surface area (Å²) in [5.41, 5.74) is 6.03. The molecule has 4 nitrogen and oxygen atoms in total. The number of aromatic nitrogens is 1. The van der Waals surface area contributed by atoms with E-state index in [1.165, 1.54) is 0 Å². The van der Waals surface area contributed by atoms with Crippen LogP contribution in [0.2, 0.25) is 0 Å². The number of hydrogen-bond acceptors (Lipinski definition) is 4. The Hall–Kier alpha value is -1.20. The molecule has 0 aliphatic carbocycles. The second-order valence-electron chi connectivity index (χ2n) is 3.02. The average molecular weight is 210 g/mol. The third kappa shape index (κ3) is 2.00. The first-order chi connectivity index (χ1) is 6.75. The van der Waals surface area contributed by atoms with Crippen LogP contribution in [0.3, 0.4) is 0 Å². The topological polar surface area (TPSA) is 57.4 Å². The van der Waals surface area contributed by atoms with Gasteiger partial charge in [0.15, 0.2) is 0 Å². The minimum Gasteiger partial charge on any atom is -0.485 e. The molecule has 1 saturated heterocycles. The van der Waals surface area contributed by atoms with E-state index >= 15 is 0 Å². The molecule has 0 aromatic carbocycles. The highest BCUT2D eigenvalue weighted by molar-refractivity contribution is 7.80. The summed E-state index contributed by atoms with van der Waals surface area (Å²) in [7, 11) is 0. The van der Waals surface area contributed by atoms with Crippen LogP contribution >= 0.6 is 12.2 Å². The van der Waals surface area contributed by atoms with Gasteiger partial charge in [0.1, 0.15) is 22.5 Å². The van der Waals surface area contributed by atoms with Crippen molar-refractivity contribution in [2.45, 2.75) is 6.10 Å². The number of nitrogens with two attached hydrogens (primary N) is 1. The van der Waals surface area contributed by atoms with Gasteiger partial charge in [0.05, 0.1) is 13.2 Å². The highest BCUT2D eigenvalue weighted by atomic mass is 32.1. The van der Waals surface area contributed by atoms with Crippen LogP contribution in [0.15, 0.2) is 18.3 Å². The second-order valence-corrected chi connectivity index (χ2v) is 3.46. The molecule has 0 unspecified atom stereocenters. The number of nitrogens with zero attached hydrogens (tertiary/aromatic N) is 1. The summed E-state index contributed by atoms with van der Waals surface area (Å²) >= 11 is 4.81. The predicted octanol–water partition coefficient (Wildman–Crippen LogP) is 0.493.